The molecule has 3 nitrogen and oxygen atoms in total. The molecule has 10 aromatic carbocycles. The fourth-order valence-electron chi connectivity index (χ4n) is 12.2. The average molecular weight is 992 g/mol. The van der Waals surface area contributed by atoms with Gasteiger partial charge in [0.2, 0.25) is 0 Å². The van der Waals surface area contributed by atoms with E-state index < -0.39 is 0 Å². The van der Waals surface area contributed by atoms with Gasteiger partial charge in [-0.1, -0.05) is 186 Å². The zero-order valence-electron chi connectivity index (χ0n) is 41.6. The van der Waals surface area contributed by atoms with Crippen molar-refractivity contribution in [3.05, 3.63) is 205 Å². The van der Waals surface area contributed by atoms with E-state index in [0.717, 1.165) is 17.1 Å². The van der Waals surface area contributed by atoms with Gasteiger partial charge in [-0.2, -0.15) is 0 Å². The molecule has 0 unspecified atom stereocenters. The summed E-state index contributed by atoms with van der Waals surface area (Å²) < 4.78 is 5.28. The molecule has 5 heterocycles. The molecule has 0 saturated heterocycles. The van der Waals surface area contributed by atoms with Gasteiger partial charge in [-0.3, -0.25) is 0 Å². The number of anilines is 5. The smallest absolute Gasteiger partial charge is 0.333 e. The second kappa shape index (κ2) is 15.7. The molecule has 350 valence electrons. The third-order valence-corrected chi connectivity index (χ3v) is 19.4. The summed E-state index contributed by atoms with van der Waals surface area (Å²) in [6.45, 7) is 13.7. The van der Waals surface area contributed by atoms with E-state index in [1.807, 2.05) is 34.9 Å². The van der Waals surface area contributed by atoms with E-state index in [0.29, 0.717) is 0 Å². The third kappa shape index (κ3) is 6.48. The topological polar surface area (TPSA) is 11.4 Å². The molecule has 73 heavy (non-hydrogen) atoms. The Bertz CT molecular complexity index is 4250. The van der Waals surface area contributed by atoms with Crippen LogP contribution in [0.25, 0.3) is 69.6 Å². The van der Waals surface area contributed by atoms with Crippen molar-refractivity contribution in [1.82, 2.24) is 4.57 Å². The van der Waals surface area contributed by atoms with Crippen LogP contribution in [0.2, 0.25) is 0 Å². The van der Waals surface area contributed by atoms with Gasteiger partial charge in [0.1, 0.15) is 0 Å². The number of thiophene rings is 1. The lowest BCUT2D eigenvalue weighted by atomic mass is 9.44. The molecule has 0 spiro atoms. The van der Waals surface area contributed by atoms with E-state index in [4.69, 9.17) is 0 Å². The van der Waals surface area contributed by atoms with Crippen molar-refractivity contribution in [2.45, 2.75) is 72.0 Å². The first-order chi connectivity index (χ1) is 35.5. The van der Waals surface area contributed by atoms with Gasteiger partial charge in [0.25, 0.3) is 0 Å². The Kier molecular flexibility index (Phi) is 9.33. The minimum atomic E-state index is -0.133. The number of hydrogen-bond acceptors (Lipinski definition) is 5. The molecule has 0 fully saturated rings. The molecule has 0 radical (unpaired) electrons. The number of nitrogens with zero attached hydrogens (tertiary/aromatic N) is 3. The number of aromatic nitrogens is 1. The van der Waals surface area contributed by atoms with Gasteiger partial charge in [0, 0.05) is 90.9 Å². The van der Waals surface area contributed by atoms with Crippen molar-refractivity contribution in [1.29, 1.82) is 0 Å². The van der Waals surface area contributed by atoms with Gasteiger partial charge < -0.3 is 14.3 Å². The molecule has 0 bridgehead atoms. The summed E-state index contributed by atoms with van der Waals surface area (Å²) in [5.41, 5.74) is 17.5. The third-order valence-electron chi connectivity index (χ3n) is 15.7. The summed E-state index contributed by atoms with van der Waals surface area (Å²) in [5.74, 6) is 0. The van der Waals surface area contributed by atoms with E-state index in [1.54, 1.807) is 0 Å². The quantitative estimate of drug-likeness (QED) is 0.163. The van der Waals surface area contributed by atoms with Crippen LogP contribution in [0, 0.1) is 0 Å². The zero-order valence-corrected chi connectivity index (χ0v) is 44.1. The van der Waals surface area contributed by atoms with Crippen molar-refractivity contribution in [2.75, 3.05) is 9.71 Å². The van der Waals surface area contributed by atoms with Crippen LogP contribution in [-0.4, -0.2) is 11.4 Å². The van der Waals surface area contributed by atoms with Crippen molar-refractivity contribution in [3.63, 3.8) is 0 Å². The first-order valence-electron chi connectivity index (χ1n) is 25.4. The Balaban J connectivity index is 1.09. The van der Waals surface area contributed by atoms with Crippen LogP contribution in [0.5, 0.6) is 0 Å². The number of para-hydroxylation sites is 1. The van der Waals surface area contributed by atoms with Crippen LogP contribution in [-0.2, 0) is 10.8 Å². The van der Waals surface area contributed by atoms with E-state index in [1.165, 1.54) is 123 Å². The maximum atomic E-state index is 2.74. The van der Waals surface area contributed by atoms with Gasteiger partial charge in [-0.05, 0) is 117 Å². The minimum Gasteiger partial charge on any atom is -0.375 e. The minimum absolute atomic E-state index is 0.0193. The van der Waals surface area contributed by atoms with Crippen LogP contribution in [0.4, 0.5) is 28.4 Å². The Morgan fingerprint density at radius 1 is 0.425 bits per heavy atom. The average Bonchev–Trinajstić information content (AvgIpc) is 3.96. The molecule has 0 aliphatic carbocycles. The zero-order chi connectivity index (χ0) is 49.1. The molecule has 15 rings (SSSR count). The highest BCUT2D eigenvalue weighted by molar-refractivity contribution is 8.05. The fraction of sp³-hybridized carbons (Fsp3) is 0.121. The van der Waals surface area contributed by atoms with E-state index >= 15 is 0 Å². The highest BCUT2D eigenvalue weighted by Gasteiger charge is 2.45. The first-order valence-corrected chi connectivity index (χ1v) is 27.9. The molecule has 7 heteroatoms. The Labute approximate surface area is 439 Å². The molecule has 0 N–H and O–H groups in total. The van der Waals surface area contributed by atoms with Gasteiger partial charge in [0.15, 0.2) is 0 Å². The van der Waals surface area contributed by atoms with E-state index in [-0.39, 0.29) is 17.7 Å². The van der Waals surface area contributed by atoms with Crippen LogP contribution >= 0.6 is 34.9 Å². The predicted molar refractivity (Wildman–Crippen MR) is 317 cm³/mol. The second-order valence-electron chi connectivity index (χ2n) is 22.1. The predicted octanol–water partition coefficient (Wildman–Crippen LogP) is 18.2. The van der Waals surface area contributed by atoms with Gasteiger partial charge in [0.05, 0.1) is 15.7 Å². The van der Waals surface area contributed by atoms with Crippen LogP contribution in [0.3, 0.4) is 0 Å². The lowest BCUT2D eigenvalue weighted by Crippen LogP contribution is -2.60. The number of rotatable bonds is 4. The van der Waals surface area contributed by atoms with Crippen molar-refractivity contribution >= 4 is 134 Å². The van der Waals surface area contributed by atoms with Crippen molar-refractivity contribution in [2.24, 2.45) is 0 Å². The highest BCUT2D eigenvalue weighted by Crippen LogP contribution is 2.56. The molecular formula is C66H50BN3S3. The van der Waals surface area contributed by atoms with Crippen LogP contribution < -0.4 is 20.6 Å². The molecule has 12 aromatic rings. The standard InChI is InChI=1S/C66H50BN3S3/c1-65(2,3)40-26-30-42(31-27-40)68(43-32-28-41(29-33-43)66(4,5)6)44-35-51-50-37-59-60(72-58-24-12-11-23-57(58)71-59)38-54(50)70(53-21-14-19-49-46-17-9-10-22-56(46)73-64(49)53)67-52-20-13-18-47-48-34-25-39-15-7-8-16-45(39)62(48)69(63(47)52)55(36-44)61(51)67/h7-38H,1-6H3. The Morgan fingerprint density at radius 3 is 1.74 bits per heavy atom. The second-order valence-corrected chi connectivity index (χ2v) is 25.3. The Hall–Kier alpha value is -7.16. The lowest BCUT2D eigenvalue weighted by molar-refractivity contribution is 0.590. The summed E-state index contributed by atoms with van der Waals surface area (Å²) in [6.07, 6.45) is 0. The normalized spacial score (nSPS) is 13.7. The van der Waals surface area contributed by atoms with Crippen molar-refractivity contribution < 1.29 is 0 Å². The summed E-state index contributed by atoms with van der Waals surface area (Å²) in [6, 6.07) is 74.4. The largest absolute Gasteiger partial charge is 0.375 e. The van der Waals surface area contributed by atoms with E-state index in [2.05, 4.69) is 250 Å². The summed E-state index contributed by atoms with van der Waals surface area (Å²) in [5, 5.41) is 7.67. The fourth-order valence-corrected chi connectivity index (χ4v) is 15.6. The van der Waals surface area contributed by atoms with Gasteiger partial charge in [-0.25, -0.2) is 0 Å². The molecule has 0 amide bonds. The molecular weight excluding hydrogens is 942 g/mol. The molecule has 2 aromatic heterocycles. The maximum Gasteiger partial charge on any atom is 0.333 e. The van der Waals surface area contributed by atoms with Crippen LogP contribution in [0.1, 0.15) is 52.7 Å². The Morgan fingerprint density at radius 2 is 1.03 bits per heavy atom. The summed E-state index contributed by atoms with van der Waals surface area (Å²) in [4.78, 5) is 10.5. The lowest BCUT2D eigenvalue weighted by Gasteiger charge is -2.43. The highest BCUT2D eigenvalue weighted by atomic mass is 32.2. The van der Waals surface area contributed by atoms with Crippen molar-refractivity contribution in [3.8, 4) is 16.8 Å². The SMILES string of the molecule is CC(C)(C)c1ccc(N(c2ccc(C(C)(C)C)cc2)c2cc3c4c(c2)-n2c5c(cccc5c5ccc6ccccc6c52)B4N(c2cccc4c2sc2ccccc24)c2cc4c(cc2-3)Sc2ccccc2S4)cc1. The number of fused-ring (bicyclic) bond motifs is 14. The molecule has 3 aliphatic rings. The number of hydrogen-bond donors (Lipinski definition) is 0. The summed E-state index contributed by atoms with van der Waals surface area (Å²) >= 11 is 5.73. The molecule has 0 atom stereocenters. The van der Waals surface area contributed by atoms with Gasteiger partial charge in [-0.15, -0.1) is 11.3 Å². The monoisotopic (exact) mass is 991 g/mol. The first kappa shape index (κ1) is 43.4. The van der Waals surface area contributed by atoms with Gasteiger partial charge >= 0.3 is 6.85 Å². The molecule has 0 saturated carbocycles. The number of benzene rings is 10. The summed E-state index contributed by atoms with van der Waals surface area (Å²) in [7, 11) is 0. The van der Waals surface area contributed by atoms with E-state index in [9.17, 15) is 0 Å². The maximum absolute atomic E-state index is 2.74. The molecule has 3 aliphatic heterocycles. The van der Waals surface area contributed by atoms with Crippen LogP contribution in [0.15, 0.2) is 214 Å².